The SMILES string of the molecule is COc1cc2nc(-c3nnc4ccc([C@@H](N5CC[C@H](NC(=O)OC(C)(C)C)C5)C(F)(F)F)cn34)ccc2cc1C. The van der Waals surface area contributed by atoms with E-state index < -0.39 is 30.0 Å². The number of nitrogens with one attached hydrogen (secondary N) is 1. The average molecular weight is 557 g/mol. The highest BCUT2D eigenvalue weighted by Gasteiger charge is 2.47. The van der Waals surface area contributed by atoms with Gasteiger partial charge in [0.15, 0.2) is 11.5 Å². The standard InChI is InChI=1S/C28H31F3N6O3/c1-16-12-17-6-8-20(33-21(17)13-22(16)39-5)25-35-34-23-9-7-18(14-37(23)25)24(28(29,30)31)36-11-10-19(15-36)32-26(38)40-27(2,3)4/h6-9,12-14,19,24H,10-11,15H2,1-5H3,(H,32,38)/t19-,24+/m0/s1. The van der Waals surface area contributed by atoms with E-state index in [1.807, 2.05) is 25.1 Å². The molecule has 40 heavy (non-hydrogen) atoms. The van der Waals surface area contributed by atoms with Gasteiger partial charge in [0.05, 0.1) is 12.6 Å². The van der Waals surface area contributed by atoms with Gasteiger partial charge < -0.3 is 14.8 Å². The van der Waals surface area contributed by atoms with Crippen molar-refractivity contribution in [1.82, 2.24) is 29.8 Å². The fourth-order valence-electron chi connectivity index (χ4n) is 5.07. The smallest absolute Gasteiger partial charge is 0.408 e. The third-order valence-electron chi connectivity index (χ3n) is 6.79. The Kier molecular flexibility index (Phi) is 7.07. The molecular formula is C28H31F3N6O3. The summed E-state index contributed by atoms with van der Waals surface area (Å²) in [5.41, 5.74) is 1.83. The number of benzene rings is 1. The van der Waals surface area contributed by atoms with Crippen LogP contribution in [0.4, 0.5) is 18.0 Å². The maximum absolute atomic E-state index is 14.5. The van der Waals surface area contributed by atoms with Crippen molar-refractivity contribution in [2.75, 3.05) is 20.2 Å². The molecule has 5 rings (SSSR count). The van der Waals surface area contributed by atoms with E-state index in [-0.39, 0.29) is 18.7 Å². The van der Waals surface area contributed by atoms with Gasteiger partial charge in [-0.1, -0.05) is 12.1 Å². The van der Waals surface area contributed by atoms with Crippen LogP contribution in [-0.4, -0.2) is 68.6 Å². The summed E-state index contributed by atoms with van der Waals surface area (Å²) in [7, 11) is 1.58. The lowest BCUT2D eigenvalue weighted by Gasteiger charge is -2.30. The number of hydrogen-bond donors (Lipinski definition) is 1. The monoisotopic (exact) mass is 556 g/mol. The Labute approximate surface area is 229 Å². The first-order valence-electron chi connectivity index (χ1n) is 12.9. The van der Waals surface area contributed by atoms with Gasteiger partial charge in [0.1, 0.15) is 23.1 Å². The fraction of sp³-hybridized carbons (Fsp3) is 0.429. The quantitative estimate of drug-likeness (QED) is 0.349. The van der Waals surface area contributed by atoms with Gasteiger partial charge in [0, 0.05) is 36.8 Å². The van der Waals surface area contributed by atoms with E-state index in [0.29, 0.717) is 34.9 Å². The molecule has 1 amide bonds. The second kappa shape index (κ2) is 10.2. The van der Waals surface area contributed by atoms with Crippen molar-refractivity contribution in [1.29, 1.82) is 0 Å². The second-order valence-electron chi connectivity index (χ2n) is 11.0. The molecule has 1 N–H and O–H groups in total. The summed E-state index contributed by atoms with van der Waals surface area (Å²) in [6, 6.07) is 8.02. The molecule has 0 spiro atoms. The molecule has 0 aliphatic carbocycles. The lowest BCUT2D eigenvalue weighted by atomic mass is 10.1. The average Bonchev–Trinajstić information content (AvgIpc) is 3.48. The second-order valence-corrected chi connectivity index (χ2v) is 11.0. The lowest BCUT2D eigenvalue weighted by Crippen LogP contribution is -2.42. The van der Waals surface area contributed by atoms with Gasteiger partial charge in [-0.15, -0.1) is 10.2 Å². The zero-order valence-electron chi connectivity index (χ0n) is 22.9. The number of ether oxygens (including phenoxy) is 2. The third kappa shape index (κ3) is 5.67. The maximum atomic E-state index is 14.5. The number of amides is 1. The van der Waals surface area contributed by atoms with Crippen LogP contribution in [0.1, 0.15) is 44.4 Å². The molecule has 3 aromatic heterocycles. The summed E-state index contributed by atoms with van der Waals surface area (Å²) in [6.45, 7) is 7.32. The molecule has 0 unspecified atom stereocenters. The Morgan fingerprint density at radius 1 is 1.12 bits per heavy atom. The van der Waals surface area contributed by atoms with Crippen molar-refractivity contribution in [3.8, 4) is 17.3 Å². The van der Waals surface area contributed by atoms with Crippen molar-refractivity contribution >= 4 is 22.6 Å². The van der Waals surface area contributed by atoms with Crippen LogP contribution >= 0.6 is 0 Å². The minimum Gasteiger partial charge on any atom is -0.496 e. The summed E-state index contributed by atoms with van der Waals surface area (Å²) in [5.74, 6) is 1.01. The highest BCUT2D eigenvalue weighted by Crippen LogP contribution is 2.40. The topological polar surface area (TPSA) is 93.9 Å². The van der Waals surface area contributed by atoms with E-state index in [0.717, 1.165) is 10.9 Å². The number of alkyl halides is 3. The van der Waals surface area contributed by atoms with E-state index in [9.17, 15) is 18.0 Å². The number of methoxy groups -OCH3 is 1. The van der Waals surface area contributed by atoms with Crippen molar-refractivity contribution in [3.05, 3.63) is 53.7 Å². The van der Waals surface area contributed by atoms with Crippen LogP contribution in [0.2, 0.25) is 0 Å². The molecule has 2 atom stereocenters. The number of pyridine rings is 2. The van der Waals surface area contributed by atoms with Gasteiger partial charge in [0.25, 0.3) is 0 Å². The maximum Gasteiger partial charge on any atom is 0.408 e. The van der Waals surface area contributed by atoms with Crippen LogP contribution in [0.5, 0.6) is 5.75 Å². The number of rotatable bonds is 5. The molecule has 9 nitrogen and oxygen atoms in total. The summed E-state index contributed by atoms with van der Waals surface area (Å²) in [6.07, 6.45) is -3.41. The number of fused-ring (bicyclic) bond motifs is 2. The molecule has 1 fully saturated rings. The molecule has 12 heteroatoms. The number of carbonyl (C=O) groups is 1. The largest absolute Gasteiger partial charge is 0.496 e. The molecule has 1 aliphatic heterocycles. The first-order chi connectivity index (χ1) is 18.8. The Morgan fingerprint density at radius 2 is 1.90 bits per heavy atom. The first-order valence-corrected chi connectivity index (χ1v) is 12.9. The third-order valence-corrected chi connectivity index (χ3v) is 6.79. The Balaban J connectivity index is 1.45. The van der Waals surface area contributed by atoms with Crippen LogP contribution in [0.3, 0.4) is 0 Å². The summed E-state index contributed by atoms with van der Waals surface area (Å²) < 4.78 is 55.6. The van der Waals surface area contributed by atoms with Gasteiger partial charge in [-0.2, -0.15) is 13.2 Å². The highest BCUT2D eigenvalue weighted by atomic mass is 19.4. The number of aryl methyl sites for hydroxylation is 1. The molecule has 1 aromatic carbocycles. The first kappa shape index (κ1) is 27.6. The minimum absolute atomic E-state index is 0.0317. The molecule has 4 heterocycles. The number of alkyl carbamates (subject to hydrolysis) is 1. The van der Waals surface area contributed by atoms with Gasteiger partial charge in [-0.05, 0) is 63.4 Å². The van der Waals surface area contributed by atoms with Gasteiger partial charge in [-0.3, -0.25) is 9.30 Å². The zero-order chi connectivity index (χ0) is 28.8. The predicted molar refractivity (Wildman–Crippen MR) is 143 cm³/mol. The molecule has 4 aromatic rings. The fourth-order valence-corrected chi connectivity index (χ4v) is 5.07. The van der Waals surface area contributed by atoms with Crippen LogP contribution in [0, 0.1) is 6.92 Å². The predicted octanol–water partition coefficient (Wildman–Crippen LogP) is 5.46. The highest BCUT2D eigenvalue weighted by molar-refractivity contribution is 5.83. The molecule has 0 bridgehead atoms. The number of nitrogens with zero attached hydrogens (tertiary/aromatic N) is 5. The summed E-state index contributed by atoms with van der Waals surface area (Å²) in [5, 5.41) is 12.0. The van der Waals surface area contributed by atoms with Gasteiger partial charge in [0.2, 0.25) is 0 Å². The van der Waals surface area contributed by atoms with Crippen LogP contribution in [0.15, 0.2) is 42.6 Å². The minimum atomic E-state index is -4.56. The van der Waals surface area contributed by atoms with E-state index >= 15 is 0 Å². The van der Waals surface area contributed by atoms with E-state index in [4.69, 9.17) is 14.5 Å². The Morgan fingerprint density at radius 3 is 2.60 bits per heavy atom. The van der Waals surface area contributed by atoms with Gasteiger partial charge in [-0.25, -0.2) is 9.78 Å². The molecule has 212 valence electrons. The van der Waals surface area contributed by atoms with Crippen molar-refractivity contribution < 1.29 is 27.4 Å². The number of likely N-dealkylation sites (tertiary alicyclic amines) is 1. The van der Waals surface area contributed by atoms with E-state index in [2.05, 4.69) is 15.5 Å². The van der Waals surface area contributed by atoms with E-state index in [1.165, 1.54) is 27.6 Å². The normalized spacial score (nSPS) is 17.4. The van der Waals surface area contributed by atoms with Crippen LogP contribution in [0.25, 0.3) is 28.1 Å². The van der Waals surface area contributed by atoms with Crippen molar-refractivity contribution in [2.24, 2.45) is 0 Å². The Hall–Kier alpha value is -3.93. The number of aromatic nitrogens is 4. The van der Waals surface area contributed by atoms with Crippen LogP contribution < -0.4 is 10.1 Å². The van der Waals surface area contributed by atoms with Gasteiger partial charge >= 0.3 is 12.3 Å². The van der Waals surface area contributed by atoms with E-state index in [1.54, 1.807) is 33.9 Å². The van der Waals surface area contributed by atoms with Crippen molar-refractivity contribution in [2.45, 2.75) is 58.0 Å². The number of hydrogen-bond acceptors (Lipinski definition) is 7. The molecule has 1 saturated heterocycles. The van der Waals surface area contributed by atoms with Crippen molar-refractivity contribution in [3.63, 3.8) is 0 Å². The summed E-state index contributed by atoms with van der Waals surface area (Å²) >= 11 is 0. The van der Waals surface area contributed by atoms with Crippen LogP contribution in [-0.2, 0) is 4.74 Å². The molecular weight excluding hydrogens is 525 g/mol. The summed E-state index contributed by atoms with van der Waals surface area (Å²) in [4.78, 5) is 18.2. The Bertz CT molecular complexity index is 1560. The molecule has 0 radical (unpaired) electrons. The molecule has 1 aliphatic rings. The zero-order valence-corrected chi connectivity index (χ0v) is 22.9. The number of carbonyl (C=O) groups excluding carboxylic acids is 1. The number of halogens is 3. The lowest BCUT2D eigenvalue weighted by molar-refractivity contribution is -0.184. The molecule has 0 saturated carbocycles.